The summed E-state index contributed by atoms with van der Waals surface area (Å²) in [6.07, 6.45) is 0.738. The number of nitrogens with one attached hydrogen (secondary N) is 1. The summed E-state index contributed by atoms with van der Waals surface area (Å²) in [6.45, 7) is 2.39. The Balaban J connectivity index is 1.93. The lowest BCUT2D eigenvalue weighted by Gasteiger charge is -2.10. The second-order valence-electron chi connectivity index (χ2n) is 6.10. The summed E-state index contributed by atoms with van der Waals surface area (Å²) in [5.74, 6) is -0.745. The highest BCUT2D eigenvalue weighted by Crippen LogP contribution is 2.18. The average molecular weight is 385 g/mol. The number of hydrogen-bond donors (Lipinski definition) is 1. The third-order valence-electron chi connectivity index (χ3n) is 3.90. The summed E-state index contributed by atoms with van der Waals surface area (Å²) >= 11 is 0. The van der Waals surface area contributed by atoms with Crippen LogP contribution in [0.5, 0.6) is 5.75 Å². The molecule has 0 unspecified atom stereocenters. The van der Waals surface area contributed by atoms with Crippen molar-refractivity contribution in [1.82, 2.24) is 0 Å². The number of amides is 1. The zero-order chi connectivity index (χ0) is 20.5. The van der Waals surface area contributed by atoms with Crippen molar-refractivity contribution in [3.05, 3.63) is 59.2 Å². The molecular formula is C21H23NO6. The molecule has 7 nitrogen and oxygen atoms in total. The van der Waals surface area contributed by atoms with Gasteiger partial charge >= 0.3 is 11.9 Å². The van der Waals surface area contributed by atoms with E-state index in [4.69, 9.17) is 4.74 Å². The van der Waals surface area contributed by atoms with Crippen LogP contribution in [0.1, 0.15) is 39.1 Å². The Morgan fingerprint density at radius 3 is 2.00 bits per heavy atom. The molecule has 0 radical (unpaired) electrons. The van der Waals surface area contributed by atoms with Crippen LogP contribution in [0.3, 0.4) is 0 Å². The Morgan fingerprint density at radius 2 is 1.46 bits per heavy atom. The van der Waals surface area contributed by atoms with Crippen LogP contribution >= 0.6 is 0 Å². The second-order valence-corrected chi connectivity index (χ2v) is 6.10. The van der Waals surface area contributed by atoms with E-state index in [1.165, 1.54) is 32.4 Å². The van der Waals surface area contributed by atoms with Gasteiger partial charge in [0.1, 0.15) is 5.75 Å². The Bertz CT molecular complexity index is 810. The standard InChI is InChI=1S/C21H23NO6/c1-14-6-8-18(9-7-14)28-10-4-5-19(23)22-17-12-15(20(24)26-2)11-16(13-17)21(25)27-3/h6-9,11-13H,4-5,10H2,1-3H3,(H,22,23). The first-order valence-electron chi connectivity index (χ1n) is 8.74. The quantitative estimate of drug-likeness (QED) is 0.553. The van der Waals surface area contributed by atoms with Crippen molar-refractivity contribution in [2.45, 2.75) is 19.8 Å². The summed E-state index contributed by atoms with van der Waals surface area (Å²) < 4.78 is 14.9. The molecule has 0 saturated heterocycles. The first kappa shape index (κ1) is 21.0. The van der Waals surface area contributed by atoms with Crippen molar-refractivity contribution < 1.29 is 28.6 Å². The molecule has 2 aromatic rings. The van der Waals surface area contributed by atoms with E-state index in [-0.39, 0.29) is 23.5 Å². The van der Waals surface area contributed by atoms with Gasteiger partial charge in [-0.15, -0.1) is 0 Å². The lowest BCUT2D eigenvalue weighted by molar-refractivity contribution is -0.116. The van der Waals surface area contributed by atoms with E-state index in [0.717, 1.165) is 11.3 Å². The van der Waals surface area contributed by atoms with Crippen molar-refractivity contribution in [2.24, 2.45) is 0 Å². The molecule has 0 spiro atoms. The zero-order valence-corrected chi connectivity index (χ0v) is 16.1. The first-order chi connectivity index (χ1) is 13.4. The number of anilines is 1. The van der Waals surface area contributed by atoms with Gasteiger partial charge in [-0.2, -0.15) is 0 Å². The topological polar surface area (TPSA) is 90.9 Å². The van der Waals surface area contributed by atoms with Gasteiger partial charge in [0.25, 0.3) is 0 Å². The summed E-state index contributed by atoms with van der Waals surface area (Å²) in [6, 6.07) is 11.9. The van der Waals surface area contributed by atoms with Crippen LogP contribution in [0.25, 0.3) is 0 Å². The van der Waals surface area contributed by atoms with E-state index in [2.05, 4.69) is 14.8 Å². The second kappa shape index (κ2) is 10.1. The molecule has 28 heavy (non-hydrogen) atoms. The molecule has 148 valence electrons. The SMILES string of the molecule is COC(=O)c1cc(NC(=O)CCCOc2ccc(C)cc2)cc(C(=O)OC)c1. The highest BCUT2D eigenvalue weighted by Gasteiger charge is 2.15. The molecule has 0 saturated carbocycles. The van der Waals surface area contributed by atoms with E-state index >= 15 is 0 Å². The smallest absolute Gasteiger partial charge is 0.337 e. The fourth-order valence-corrected chi connectivity index (χ4v) is 2.45. The molecule has 0 heterocycles. The van der Waals surface area contributed by atoms with E-state index in [1.54, 1.807) is 0 Å². The van der Waals surface area contributed by atoms with Crippen molar-refractivity contribution in [3.8, 4) is 5.75 Å². The van der Waals surface area contributed by atoms with Gasteiger partial charge in [0.05, 0.1) is 32.0 Å². The molecule has 1 amide bonds. The Hall–Kier alpha value is -3.35. The number of esters is 2. The monoisotopic (exact) mass is 385 g/mol. The zero-order valence-electron chi connectivity index (χ0n) is 16.1. The van der Waals surface area contributed by atoms with Crippen LogP contribution < -0.4 is 10.1 Å². The predicted molar refractivity (Wildman–Crippen MR) is 104 cm³/mol. The number of carbonyl (C=O) groups is 3. The molecule has 0 aliphatic heterocycles. The lowest BCUT2D eigenvalue weighted by atomic mass is 10.1. The van der Waals surface area contributed by atoms with Gasteiger partial charge < -0.3 is 19.5 Å². The van der Waals surface area contributed by atoms with E-state index in [9.17, 15) is 14.4 Å². The lowest BCUT2D eigenvalue weighted by Crippen LogP contribution is -2.15. The number of methoxy groups -OCH3 is 2. The third kappa shape index (κ3) is 6.12. The maximum atomic E-state index is 12.2. The van der Waals surface area contributed by atoms with Crippen molar-refractivity contribution >= 4 is 23.5 Å². The summed E-state index contributed by atoms with van der Waals surface area (Å²) in [7, 11) is 2.47. The minimum Gasteiger partial charge on any atom is -0.494 e. The molecule has 7 heteroatoms. The summed E-state index contributed by atoms with van der Waals surface area (Å²) in [5.41, 5.74) is 1.74. The van der Waals surface area contributed by atoms with Crippen LogP contribution in [0.15, 0.2) is 42.5 Å². The van der Waals surface area contributed by atoms with Gasteiger partial charge in [-0.3, -0.25) is 4.79 Å². The van der Waals surface area contributed by atoms with Gasteiger partial charge in [-0.05, 0) is 43.7 Å². The van der Waals surface area contributed by atoms with Crippen molar-refractivity contribution in [1.29, 1.82) is 0 Å². The van der Waals surface area contributed by atoms with Gasteiger partial charge in [0.15, 0.2) is 0 Å². The van der Waals surface area contributed by atoms with E-state index in [0.29, 0.717) is 18.7 Å². The number of carbonyl (C=O) groups excluding carboxylic acids is 3. The molecule has 2 aromatic carbocycles. The minimum atomic E-state index is -0.618. The van der Waals surface area contributed by atoms with Crippen LogP contribution in [0.2, 0.25) is 0 Å². The number of rotatable bonds is 8. The van der Waals surface area contributed by atoms with Gasteiger partial charge in [-0.25, -0.2) is 9.59 Å². The number of ether oxygens (including phenoxy) is 3. The Morgan fingerprint density at radius 1 is 0.893 bits per heavy atom. The fourth-order valence-electron chi connectivity index (χ4n) is 2.45. The molecule has 0 aromatic heterocycles. The molecule has 0 aliphatic carbocycles. The molecular weight excluding hydrogens is 362 g/mol. The molecule has 1 N–H and O–H groups in total. The first-order valence-corrected chi connectivity index (χ1v) is 8.74. The van der Waals surface area contributed by atoms with Crippen LogP contribution in [-0.2, 0) is 14.3 Å². The van der Waals surface area contributed by atoms with Crippen molar-refractivity contribution in [3.63, 3.8) is 0 Å². The highest BCUT2D eigenvalue weighted by molar-refractivity contribution is 5.99. The maximum Gasteiger partial charge on any atom is 0.337 e. The Kier molecular flexibility index (Phi) is 7.56. The maximum absolute atomic E-state index is 12.2. The van der Waals surface area contributed by atoms with Gasteiger partial charge in [-0.1, -0.05) is 17.7 Å². The number of hydrogen-bond acceptors (Lipinski definition) is 6. The highest BCUT2D eigenvalue weighted by atomic mass is 16.5. The molecule has 0 fully saturated rings. The van der Waals surface area contributed by atoms with Gasteiger partial charge in [0, 0.05) is 12.1 Å². The fraction of sp³-hybridized carbons (Fsp3) is 0.286. The molecule has 0 atom stereocenters. The van der Waals surface area contributed by atoms with Crippen LogP contribution in [0, 0.1) is 6.92 Å². The van der Waals surface area contributed by atoms with E-state index < -0.39 is 11.9 Å². The molecule has 2 rings (SSSR count). The van der Waals surface area contributed by atoms with E-state index in [1.807, 2.05) is 31.2 Å². The average Bonchev–Trinajstić information content (AvgIpc) is 2.71. The normalized spacial score (nSPS) is 10.1. The summed E-state index contributed by atoms with van der Waals surface area (Å²) in [4.78, 5) is 35.7. The Labute approximate surface area is 163 Å². The van der Waals surface area contributed by atoms with Crippen LogP contribution in [0.4, 0.5) is 5.69 Å². The predicted octanol–water partition coefficient (Wildman–Crippen LogP) is 3.37. The largest absolute Gasteiger partial charge is 0.494 e. The molecule has 0 bridgehead atoms. The number of aryl methyl sites for hydroxylation is 1. The van der Waals surface area contributed by atoms with Crippen LogP contribution in [-0.4, -0.2) is 38.7 Å². The van der Waals surface area contributed by atoms with Crippen molar-refractivity contribution in [2.75, 3.05) is 26.1 Å². The summed E-state index contributed by atoms with van der Waals surface area (Å²) in [5, 5.41) is 2.68. The minimum absolute atomic E-state index is 0.142. The van der Waals surface area contributed by atoms with Gasteiger partial charge in [0.2, 0.25) is 5.91 Å². The molecule has 0 aliphatic rings. The number of benzene rings is 2. The third-order valence-corrected chi connectivity index (χ3v) is 3.90.